The highest BCUT2D eigenvalue weighted by Crippen LogP contribution is 2.36. The molecule has 4 heteroatoms. The summed E-state index contributed by atoms with van der Waals surface area (Å²) in [5.74, 6) is 0.388. The number of carbonyl (C=O) groups is 2. The van der Waals surface area contributed by atoms with Crippen LogP contribution in [-0.4, -0.2) is 41.2 Å². The lowest BCUT2D eigenvalue weighted by atomic mass is 9.89. The molecule has 2 aliphatic rings. The minimum atomic E-state index is -0.121. The summed E-state index contributed by atoms with van der Waals surface area (Å²) < 4.78 is 0. The molecule has 0 aromatic heterocycles. The minimum Gasteiger partial charge on any atom is -0.366 e. The van der Waals surface area contributed by atoms with Crippen molar-refractivity contribution in [1.82, 2.24) is 9.80 Å². The molecular formula is C29H36N2O2. The second-order valence-electron chi connectivity index (χ2n) is 9.63. The molecule has 0 N–H and O–H groups in total. The number of rotatable bonds is 8. The van der Waals surface area contributed by atoms with Crippen LogP contribution in [0.25, 0.3) is 5.57 Å². The van der Waals surface area contributed by atoms with E-state index in [2.05, 4.69) is 55.1 Å². The zero-order chi connectivity index (χ0) is 23.4. The molecule has 0 radical (unpaired) electrons. The molecule has 0 atom stereocenters. The normalized spacial score (nSPS) is 17.4. The SMILES string of the molecule is CCCCCN1C(=O)C(c2ccc(C)cc2C)=C(N2CCC(Cc3ccccc3)CC2)C1=O. The molecule has 0 unspecified atom stereocenters. The van der Waals surface area contributed by atoms with Crippen molar-refractivity contribution in [2.75, 3.05) is 19.6 Å². The van der Waals surface area contributed by atoms with E-state index in [1.165, 1.54) is 10.5 Å². The lowest BCUT2D eigenvalue weighted by molar-refractivity contribution is -0.137. The standard InChI is InChI=1S/C29H36N2O2/c1-4-5-9-16-31-28(32)26(25-13-12-21(2)19-22(25)3)27(29(31)33)30-17-14-24(15-18-30)20-23-10-7-6-8-11-23/h6-8,10-13,19,24H,4-5,9,14-18,20H2,1-3H3. The Balaban J connectivity index is 1.58. The molecule has 2 aliphatic heterocycles. The molecule has 2 aromatic carbocycles. The van der Waals surface area contributed by atoms with E-state index in [0.29, 0.717) is 23.7 Å². The Morgan fingerprint density at radius 2 is 1.64 bits per heavy atom. The van der Waals surface area contributed by atoms with E-state index in [1.54, 1.807) is 0 Å². The summed E-state index contributed by atoms with van der Waals surface area (Å²) in [5, 5.41) is 0. The third kappa shape index (κ3) is 5.05. The van der Waals surface area contributed by atoms with Gasteiger partial charge in [0.1, 0.15) is 5.70 Å². The van der Waals surface area contributed by atoms with Crippen LogP contribution in [0.5, 0.6) is 0 Å². The summed E-state index contributed by atoms with van der Waals surface area (Å²) in [6.45, 7) is 8.39. The number of carbonyl (C=O) groups excluding carboxylic acids is 2. The Hall–Kier alpha value is -2.88. The summed E-state index contributed by atoms with van der Waals surface area (Å²) in [6, 6.07) is 16.8. The van der Waals surface area contributed by atoms with Crippen LogP contribution in [0.2, 0.25) is 0 Å². The predicted molar refractivity (Wildman–Crippen MR) is 134 cm³/mol. The first-order valence-corrected chi connectivity index (χ1v) is 12.5. The maximum atomic E-state index is 13.5. The van der Waals surface area contributed by atoms with Crippen LogP contribution in [0.1, 0.15) is 61.3 Å². The molecule has 33 heavy (non-hydrogen) atoms. The van der Waals surface area contributed by atoms with E-state index in [1.807, 2.05) is 19.1 Å². The third-order valence-corrected chi connectivity index (χ3v) is 7.08. The van der Waals surface area contributed by atoms with Crippen LogP contribution < -0.4 is 0 Å². The quantitative estimate of drug-likeness (QED) is 0.397. The number of unbranched alkanes of at least 4 members (excludes halogenated alkanes) is 2. The van der Waals surface area contributed by atoms with Gasteiger partial charge in [-0.25, -0.2) is 0 Å². The van der Waals surface area contributed by atoms with Crippen molar-refractivity contribution in [2.45, 2.75) is 59.3 Å². The van der Waals surface area contributed by atoms with Gasteiger partial charge in [0.2, 0.25) is 0 Å². The number of likely N-dealkylation sites (tertiary alicyclic amines) is 1. The summed E-state index contributed by atoms with van der Waals surface area (Å²) in [6.07, 6.45) is 6.10. The Labute approximate surface area is 198 Å². The maximum Gasteiger partial charge on any atom is 0.277 e. The first-order chi connectivity index (χ1) is 16.0. The molecule has 2 aromatic rings. The van der Waals surface area contributed by atoms with Crippen molar-refractivity contribution in [3.8, 4) is 0 Å². The van der Waals surface area contributed by atoms with Gasteiger partial charge in [0.05, 0.1) is 5.57 Å². The highest BCUT2D eigenvalue weighted by molar-refractivity contribution is 6.35. The second kappa shape index (κ2) is 10.4. The van der Waals surface area contributed by atoms with Crippen molar-refractivity contribution in [3.05, 3.63) is 76.5 Å². The number of nitrogens with zero attached hydrogens (tertiary/aromatic N) is 2. The van der Waals surface area contributed by atoms with Crippen molar-refractivity contribution in [1.29, 1.82) is 0 Å². The molecule has 174 valence electrons. The second-order valence-corrected chi connectivity index (χ2v) is 9.63. The van der Waals surface area contributed by atoms with Gasteiger partial charge < -0.3 is 4.90 Å². The summed E-state index contributed by atoms with van der Waals surface area (Å²) in [7, 11) is 0. The van der Waals surface area contributed by atoms with E-state index in [4.69, 9.17) is 0 Å². The van der Waals surface area contributed by atoms with Gasteiger partial charge in [-0.15, -0.1) is 0 Å². The molecule has 0 spiro atoms. The van der Waals surface area contributed by atoms with E-state index in [9.17, 15) is 9.59 Å². The molecule has 0 saturated carbocycles. The highest BCUT2D eigenvalue weighted by Gasteiger charge is 2.42. The zero-order valence-electron chi connectivity index (χ0n) is 20.3. The van der Waals surface area contributed by atoms with E-state index in [-0.39, 0.29) is 11.8 Å². The molecule has 1 fully saturated rings. The van der Waals surface area contributed by atoms with Crippen molar-refractivity contribution < 1.29 is 9.59 Å². The van der Waals surface area contributed by atoms with E-state index >= 15 is 0 Å². The summed E-state index contributed by atoms with van der Waals surface area (Å²) in [4.78, 5) is 30.8. The van der Waals surface area contributed by atoms with E-state index < -0.39 is 0 Å². The predicted octanol–water partition coefficient (Wildman–Crippen LogP) is 5.53. The molecule has 0 bridgehead atoms. The number of piperidine rings is 1. The van der Waals surface area contributed by atoms with Gasteiger partial charge in [0, 0.05) is 19.6 Å². The fourth-order valence-corrected chi connectivity index (χ4v) is 5.22. The van der Waals surface area contributed by atoms with Gasteiger partial charge in [-0.05, 0) is 62.1 Å². The van der Waals surface area contributed by atoms with Gasteiger partial charge in [-0.1, -0.05) is 73.9 Å². The highest BCUT2D eigenvalue weighted by atomic mass is 16.2. The molecular weight excluding hydrogens is 408 g/mol. The van der Waals surface area contributed by atoms with Gasteiger partial charge in [-0.3, -0.25) is 14.5 Å². The first kappa shape index (κ1) is 23.3. The topological polar surface area (TPSA) is 40.6 Å². The minimum absolute atomic E-state index is 0.104. The Morgan fingerprint density at radius 3 is 2.30 bits per heavy atom. The molecule has 4 rings (SSSR count). The third-order valence-electron chi connectivity index (χ3n) is 7.08. The van der Waals surface area contributed by atoms with Crippen LogP contribution >= 0.6 is 0 Å². The number of hydrogen-bond donors (Lipinski definition) is 0. The summed E-state index contributed by atoms with van der Waals surface area (Å²) in [5.41, 5.74) is 5.73. The van der Waals surface area contributed by atoms with Gasteiger partial charge >= 0.3 is 0 Å². The van der Waals surface area contributed by atoms with Crippen LogP contribution in [0.15, 0.2) is 54.2 Å². The van der Waals surface area contributed by atoms with Crippen molar-refractivity contribution in [3.63, 3.8) is 0 Å². The van der Waals surface area contributed by atoms with Gasteiger partial charge in [-0.2, -0.15) is 0 Å². The largest absolute Gasteiger partial charge is 0.366 e. The zero-order valence-corrected chi connectivity index (χ0v) is 20.3. The maximum absolute atomic E-state index is 13.5. The smallest absolute Gasteiger partial charge is 0.277 e. The number of aryl methyl sites for hydroxylation is 2. The van der Waals surface area contributed by atoms with Crippen LogP contribution in [0.3, 0.4) is 0 Å². The molecule has 4 nitrogen and oxygen atoms in total. The number of amides is 2. The van der Waals surface area contributed by atoms with Crippen LogP contribution in [-0.2, 0) is 16.0 Å². The first-order valence-electron chi connectivity index (χ1n) is 12.5. The summed E-state index contributed by atoms with van der Waals surface area (Å²) >= 11 is 0. The Kier molecular flexibility index (Phi) is 7.32. The average Bonchev–Trinajstić information content (AvgIpc) is 3.05. The lowest BCUT2D eigenvalue weighted by Gasteiger charge is -2.34. The number of hydrogen-bond acceptors (Lipinski definition) is 3. The van der Waals surface area contributed by atoms with Crippen LogP contribution in [0, 0.1) is 19.8 Å². The lowest BCUT2D eigenvalue weighted by Crippen LogP contribution is -2.39. The molecule has 1 saturated heterocycles. The van der Waals surface area contributed by atoms with E-state index in [0.717, 1.165) is 68.3 Å². The van der Waals surface area contributed by atoms with Crippen molar-refractivity contribution in [2.24, 2.45) is 5.92 Å². The van der Waals surface area contributed by atoms with Gasteiger partial charge in [0.25, 0.3) is 11.8 Å². The Morgan fingerprint density at radius 1 is 0.909 bits per heavy atom. The van der Waals surface area contributed by atoms with Crippen molar-refractivity contribution >= 4 is 17.4 Å². The van der Waals surface area contributed by atoms with Gasteiger partial charge in [0.15, 0.2) is 0 Å². The average molecular weight is 445 g/mol. The molecule has 2 heterocycles. The monoisotopic (exact) mass is 444 g/mol. The Bertz CT molecular complexity index is 1030. The molecule has 2 amide bonds. The fourth-order valence-electron chi connectivity index (χ4n) is 5.22. The number of benzene rings is 2. The number of imide groups is 1. The molecule has 0 aliphatic carbocycles. The fraction of sp³-hybridized carbons (Fsp3) is 0.448. The van der Waals surface area contributed by atoms with Crippen LogP contribution in [0.4, 0.5) is 0 Å².